The van der Waals surface area contributed by atoms with Gasteiger partial charge in [-0.25, -0.2) is 0 Å². The van der Waals surface area contributed by atoms with Gasteiger partial charge in [-0.15, -0.1) is 0 Å². The fraction of sp³-hybridized carbons (Fsp3) is 0.500. The van der Waals surface area contributed by atoms with Gasteiger partial charge in [0.2, 0.25) is 0 Å². The molecule has 0 bridgehead atoms. The number of carboxylic acids is 1. The molecule has 0 aromatic heterocycles. The standard InChI is InChI=1S/C14H18O4/c1-4-18-11-8-9(2)7-10(17-3)12(11)14(5-6-14)13(15)16/h7-8H,4-6H2,1-3H3,(H,15,16). The molecule has 2 rings (SSSR count). The van der Waals surface area contributed by atoms with Crippen molar-refractivity contribution in [1.82, 2.24) is 0 Å². The number of ether oxygens (including phenoxy) is 2. The maximum absolute atomic E-state index is 11.5. The lowest BCUT2D eigenvalue weighted by molar-refractivity contribution is -0.140. The molecule has 1 aliphatic carbocycles. The van der Waals surface area contributed by atoms with Crippen molar-refractivity contribution in [2.75, 3.05) is 13.7 Å². The number of carboxylic acid groups (broad SMARTS) is 1. The van der Waals surface area contributed by atoms with Crippen molar-refractivity contribution < 1.29 is 19.4 Å². The van der Waals surface area contributed by atoms with Gasteiger partial charge >= 0.3 is 5.97 Å². The van der Waals surface area contributed by atoms with Crippen LogP contribution in [0, 0.1) is 6.92 Å². The summed E-state index contributed by atoms with van der Waals surface area (Å²) < 4.78 is 10.9. The zero-order chi connectivity index (χ0) is 13.3. The molecule has 1 aliphatic rings. The van der Waals surface area contributed by atoms with E-state index in [0.717, 1.165) is 5.56 Å². The third kappa shape index (κ3) is 1.92. The quantitative estimate of drug-likeness (QED) is 0.872. The molecule has 1 aromatic rings. The van der Waals surface area contributed by atoms with E-state index in [0.29, 0.717) is 36.5 Å². The Morgan fingerprint density at radius 3 is 2.44 bits per heavy atom. The van der Waals surface area contributed by atoms with Crippen LogP contribution in [0.4, 0.5) is 0 Å². The van der Waals surface area contributed by atoms with Gasteiger partial charge in [0.1, 0.15) is 16.9 Å². The van der Waals surface area contributed by atoms with Crippen LogP contribution in [0.15, 0.2) is 12.1 Å². The second-order valence-electron chi connectivity index (χ2n) is 4.66. The Bertz CT molecular complexity index is 475. The number of hydrogen-bond donors (Lipinski definition) is 1. The van der Waals surface area contributed by atoms with Crippen LogP contribution in [0.5, 0.6) is 11.5 Å². The van der Waals surface area contributed by atoms with Crippen LogP contribution in [0.25, 0.3) is 0 Å². The number of benzene rings is 1. The maximum atomic E-state index is 11.5. The van der Waals surface area contributed by atoms with Gasteiger partial charge in [-0.2, -0.15) is 0 Å². The minimum absolute atomic E-state index is 0.509. The van der Waals surface area contributed by atoms with Crippen LogP contribution < -0.4 is 9.47 Å². The molecule has 4 nitrogen and oxygen atoms in total. The Morgan fingerprint density at radius 2 is 2.00 bits per heavy atom. The van der Waals surface area contributed by atoms with Gasteiger partial charge in [0, 0.05) is 0 Å². The zero-order valence-electron chi connectivity index (χ0n) is 10.9. The van der Waals surface area contributed by atoms with Crippen molar-refractivity contribution in [2.45, 2.75) is 32.1 Å². The first-order valence-electron chi connectivity index (χ1n) is 6.10. The van der Waals surface area contributed by atoms with Crippen molar-refractivity contribution in [3.05, 3.63) is 23.3 Å². The van der Waals surface area contributed by atoms with Crippen molar-refractivity contribution >= 4 is 5.97 Å². The summed E-state index contributed by atoms with van der Waals surface area (Å²) >= 11 is 0. The Labute approximate surface area is 107 Å². The molecule has 0 unspecified atom stereocenters. The molecule has 98 valence electrons. The van der Waals surface area contributed by atoms with Crippen molar-refractivity contribution in [1.29, 1.82) is 0 Å². The highest BCUT2D eigenvalue weighted by Gasteiger charge is 2.55. The zero-order valence-corrected chi connectivity index (χ0v) is 10.9. The Morgan fingerprint density at radius 1 is 1.39 bits per heavy atom. The summed E-state index contributed by atoms with van der Waals surface area (Å²) in [7, 11) is 1.56. The van der Waals surface area contributed by atoms with Crippen LogP contribution in [0.2, 0.25) is 0 Å². The first-order chi connectivity index (χ1) is 8.55. The van der Waals surface area contributed by atoms with Crippen LogP contribution in [0.3, 0.4) is 0 Å². The monoisotopic (exact) mass is 250 g/mol. The molecule has 0 amide bonds. The third-order valence-electron chi connectivity index (χ3n) is 3.37. The molecule has 1 N–H and O–H groups in total. The van der Waals surface area contributed by atoms with E-state index in [1.165, 1.54) is 0 Å². The number of aliphatic carboxylic acids is 1. The molecular formula is C14H18O4. The predicted octanol–water partition coefficient (Wildman–Crippen LogP) is 2.52. The van der Waals surface area contributed by atoms with Gasteiger partial charge in [0.15, 0.2) is 0 Å². The third-order valence-corrected chi connectivity index (χ3v) is 3.37. The summed E-state index contributed by atoms with van der Waals surface area (Å²) in [4.78, 5) is 11.5. The normalized spacial score (nSPS) is 16.2. The lowest BCUT2D eigenvalue weighted by Gasteiger charge is -2.20. The first-order valence-corrected chi connectivity index (χ1v) is 6.10. The molecule has 0 atom stereocenters. The fourth-order valence-corrected chi connectivity index (χ4v) is 2.32. The topological polar surface area (TPSA) is 55.8 Å². The molecular weight excluding hydrogens is 232 g/mol. The predicted molar refractivity (Wildman–Crippen MR) is 67.4 cm³/mol. The number of hydrogen-bond acceptors (Lipinski definition) is 3. The molecule has 18 heavy (non-hydrogen) atoms. The van der Waals surface area contributed by atoms with Gasteiger partial charge in [-0.05, 0) is 44.4 Å². The van der Waals surface area contributed by atoms with Crippen LogP contribution in [-0.2, 0) is 10.2 Å². The van der Waals surface area contributed by atoms with Crippen molar-refractivity contribution in [3.63, 3.8) is 0 Å². The highest BCUT2D eigenvalue weighted by Crippen LogP contribution is 2.55. The second-order valence-corrected chi connectivity index (χ2v) is 4.66. The van der Waals surface area contributed by atoms with E-state index < -0.39 is 11.4 Å². The fourth-order valence-electron chi connectivity index (χ4n) is 2.32. The van der Waals surface area contributed by atoms with E-state index in [-0.39, 0.29) is 0 Å². The number of rotatable bonds is 5. The SMILES string of the molecule is CCOc1cc(C)cc(OC)c1C1(C(=O)O)CC1. The molecule has 1 aromatic carbocycles. The average molecular weight is 250 g/mol. The summed E-state index contributed by atoms with van der Waals surface area (Å²) in [5, 5.41) is 9.43. The van der Waals surface area contributed by atoms with E-state index in [2.05, 4.69) is 0 Å². The molecule has 0 radical (unpaired) electrons. The molecule has 0 saturated heterocycles. The molecule has 1 fully saturated rings. The summed E-state index contributed by atoms with van der Waals surface area (Å²) in [5.41, 5.74) is 0.869. The number of methoxy groups -OCH3 is 1. The largest absolute Gasteiger partial charge is 0.496 e. The second kappa shape index (κ2) is 4.52. The summed E-state index contributed by atoms with van der Waals surface area (Å²) in [5.74, 6) is 0.443. The van der Waals surface area contributed by atoms with E-state index >= 15 is 0 Å². The lowest BCUT2D eigenvalue weighted by atomic mass is 9.93. The van der Waals surface area contributed by atoms with E-state index in [1.807, 2.05) is 26.0 Å². The Kier molecular flexibility index (Phi) is 3.20. The Balaban J connectivity index is 2.59. The van der Waals surface area contributed by atoms with Crippen LogP contribution >= 0.6 is 0 Å². The van der Waals surface area contributed by atoms with Crippen molar-refractivity contribution in [2.24, 2.45) is 0 Å². The van der Waals surface area contributed by atoms with Crippen molar-refractivity contribution in [3.8, 4) is 11.5 Å². The average Bonchev–Trinajstić information content (AvgIpc) is 3.09. The number of carbonyl (C=O) groups is 1. The molecule has 1 saturated carbocycles. The minimum atomic E-state index is -0.816. The highest BCUT2D eigenvalue weighted by molar-refractivity contribution is 5.87. The van der Waals surface area contributed by atoms with Gasteiger partial charge < -0.3 is 14.6 Å². The van der Waals surface area contributed by atoms with Crippen LogP contribution in [0.1, 0.15) is 30.9 Å². The Hall–Kier alpha value is -1.71. The van der Waals surface area contributed by atoms with Gasteiger partial charge in [0.05, 0.1) is 19.3 Å². The highest BCUT2D eigenvalue weighted by atomic mass is 16.5. The first kappa shape index (κ1) is 12.7. The van der Waals surface area contributed by atoms with Gasteiger partial charge in [-0.3, -0.25) is 4.79 Å². The van der Waals surface area contributed by atoms with E-state index in [4.69, 9.17) is 9.47 Å². The summed E-state index contributed by atoms with van der Waals surface area (Å²) in [6.07, 6.45) is 1.28. The molecule has 0 spiro atoms. The summed E-state index contributed by atoms with van der Waals surface area (Å²) in [6, 6.07) is 3.74. The molecule has 0 heterocycles. The smallest absolute Gasteiger partial charge is 0.314 e. The van der Waals surface area contributed by atoms with Crippen LogP contribution in [-0.4, -0.2) is 24.8 Å². The van der Waals surface area contributed by atoms with E-state index in [9.17, 15) is 9.90 Å². The maximum Gasteiger partial charge on any atom is 0.314 e. The van der Waals surface area contributed by atoms with Gasteiger partial charge in [0.25, 0.3) is 0 Å². The van der Waals surface area contributed by atoms with E-state index in [1.54, 1.807) is 7.11 Å². The number of aryl methyl sites for hydroxylation is 1. The lowest BCUT2D eigenvalue weighted by Crippen LogP contribution is -2.21. The molecule has 0 aliphatic heterocycles. The van der Waals surface area contributed by atoms with Gasteiger partial charge in [-0.1, -0.05) is 0 Å². The minimum Gasteiger partial charge on any atom is -0.496 e. The molecule has 4 heteroatoms. The summed E-state index contributed by atoms with van der Waals surface area (Å²) in [6.45, 7) is 4.34.